The molecule has 0 bridgehead atoms. The third-order valence-electron chi connectivity index (χ3n) is 4.05. The van der Waals surface area contributed by atoms with E-state index in [0.29, 0.717) is 32.7 Å². The van der Waals surface area contributed by atoms with Crippen LogP contribution in [0, 0.1) is 5.82 Å². The van der Waals surface area contributed by atoms with Gasteiger partial charge in [0.1, 0.15) is 10.7 Å². The van der Waals surface area contributed by atoms with E-state index in [-0.39, 0.29) is 10.4 Å². The molecule has 1 aliphatic rings. The summed E-state index contributed by atoms with van der Waals surface area (Å²) in [7, 11) is -3.77. The van der Waals surface area contributed by atoms with Crippen LogP contribution in [0.4, 0.5) is 4.39 Å². The van der Waals surface area contributed by atoms with Crippen molar-refractivity contribution in [3.05, 3.63) is 30.1 Å². The molecule has 0 amide bonds. The van der Waals surface area contributed by atoms with Crippen LogP contribution in [0.15, 0.2) is 29.2 Å². The number of hydrogen-bond donors (Lipinski definition) is 1. The standard InChI is InChI=1S/C14H22FN3O2S/c1-14(2,11-16)17-7-9-18(10-8-17)21(19,20)13-6-4-3-5-12(13)15/h3-6H,7-11,16H2,1-2H3. The zero-order chi connectivity index (χ0) is 15.7. The Balaban J connectivity index is 2.14. The van der Waals surface area contributed by atoms with E-state index in [1.54, 1.807) is 0 Å². The smallest absolute Gasteiger partial charge is 0.246 e. The number of halogens is 1. The maximum absolute atomic E-state index is 13.7. The highest BCUT2D eigenvalue weighted by atomic mass is 32.2. The summed E-state index contributed by atoms with van der Waals surface area (Å²) >= 11 is 0. The molecule has 1 fully saturated rings. The van der Waals surface area contributed by atoms with Gasteiger partial charge < -0.3 is 5.73 Å². The van der Waals surface area contributed by atoms with Gasteiger partial charge in [-0.3, -0.25) is 4.90 Å². The molecular weight excluding hydrogens is 293 g/mol. The fraction of sp³-hybridized carbons (Fsp3) is 0.571. The van der Waals surface area contributed by atoms with Crippen molar-refractivity contribution in [3.63, 3.8) is 0 Å². The molecule has 1 heterocycles. The van der Waals surface area contributed by atoms with Gasteiger partial charge >= 0.3 is 0 Å². The normalized spacial score (nSPS) is 18.9. The number of hydrogen-bond acceptors (Lipinski definition) is 4. The largest absolute Gasteiger partial charge is 0.329 e. The Labute approximate surface area is 125 Å². The second kappa shape index (κ2) is 6.00. The predicted octanol–water partition coefficient (Wildman–Crippen LogP) is 0.869. The Morgan fingerprint density at radius 2 is 1.76 bits per heavy atom. The fourth-order valence-electron chi connectivity index (χ4n) is 2.46. The first kappa shape index (κ1) is 16.4. The van der Waals surface area contributed by atoms with Crippen LogP contribution in [0.3, 0.4) is 0 Å². The lowest BCUT2D eigenvalue weighted by Gasteiger charge is -2.43. The minimum absolute atomic E-state index is 0.159. The molecule has 1 aromatic rings. The van der Waals surface area contributed by atoms with Gasteiger partial charge in [-0.05, 0) is 26.0 Å². The molecule has 2 rings (SSSR count). The van der Waals surface area contributed by atoms with Crippen LogP contribution in [0.25, 0.3) is 0 Å². The van der Waals surface area contributed by atoms with Crippen LogP contribution in [-0.4, -0.2) is 55.9 Å². The van der Waals surface area contributed by atoms with E-state index < -0.39 is 15.8 Å². The number of piperazine rings is 1. The van der Waals surface area contributed by atoms with Crippen molar-refractivity contribution in [3.8, 4) is 0 Å². The van der Waals surface area contributed by atoms with Crippen molar-refractivity contribution in [2.45, 2.75) is 24.3 Å². The second-order valence-corrected chi connectivity index (χ2v) is 7.74. The molecule has 0 radical (unpaired) electrons. The van der Waals surface area contributed by atoms with E-state index in [1.807, 2.05) is 13.8 Å². The van der Waals surface area contributed by atoms with Gasteiger partial charge in [-0.25, -0.2) is 12.8 Å². The Hall–Kier alpha value is -1.02. The van der Waals surface area contributed by atoms with Crippen molar-refractivity contribution < 1.29 is 12.8 Å². The molecule has 5 nitrogen and oxygen atoms in total. The van der Waals surface area contributed by atoms with Crippen LogP contribution >= 0.6 is 0 Å². The molecule has 0 aromatic heterocycles. The van der Waals surface area contributed by atoms with E-state index >= 15 is 0 Å². The molecule has 1 saturated heterocycles. The van der Waals surface area contributed by atoms with Gasteiger partial charge in [-0.1, -0.05) is 12.1 Å². The third-order valence-corrected chi connectivity index (χ3v) is 5.98. The lowest BCUT2D eigenvalue weighted by molar-refractivity contribution is 0.0849. The van der Waals surface area contributed by atoms with E-state index in [9.17, 15) is 12.8 Å². The first-order valence-corrected chi connectivity index (χ1v) is 8.43. The van der Waals surface area contributed by atoms with Crippen molar-refractivity contribution in [1.82, 2.24) is 9.21 Å². The van der Waals surface area contributed by atoms with Crippen LogP contribution in [-0.2, 0) is 10.0 Å². The van der Waals surface area contributed by atoms with Crippen molar-refractivity contribution >= 4 is 10.0 Å². The quantitative estimate of drug-likeness (QED) is 0.895. The number of sulfonamides is 1. The lowest BCUT2D eigenvalue weighted by Crippen LogP contribution is -2.58. The topological polar surface area (TPSA) is 66.6 Å². The Morgan fingerprint density at radius 1 is 1.19 bits per heavy atom. The van der Waals surface area contributed by atoms with Gasteiger partial charge in [0.15, 0.2) is 0 Å². The predicted molar refractivity (Wildman–Crippen MR) is 79.9 cm³/mol. The van der Waals surface area contributed by atoms with Gasteiger partial charge in [-0.15, -0.1) is 0 Å². The van der Waals surface area contributed by atoms with Gasteiger partial charge in [0.25, 0.3) is 0 Å². The van der Waals surface area contributed by atoms with Gasteiger partial charge in [0, 0.05) is 38.3 Å². The van der Waals surface area contributed by atoms with Crippen molar-refractivity contribution in [2.24, 2.45) is 5.73 Å². The molecule has 1 aromatic carbocycles. The van der Waals surface area contributed by atoms with Gasteiger partial charge in [0.2, 0.25) is 10.0 Å². The Kier molecular flexibility index (Phi) is 4.67. The van der Waals surface area contributed by atoms with E-state index in [0.717, 1.165) is 0 Å². The average molecular weight is 315 g/mol. The first-order chi connectivity index (χ1) is 9.79. The zero-order valence-electron chi connectivity index (χ0n) is 12.4. The molecule has 1 aliphatic heterocycles. The van der Waals surface area contributed by atoms with Crippen molar-refractivity contribution in [2.75, 3.05) is 32.7 Å². The molecule has 0 aliphatic carbocycles. The SMILES string of the molecule is CC(C)(CN)N1CCN(S(=O)(=O)c2ccccc2F)CC1. The molecular formula is C14H22FN3O2S. The summed E-state index contributed by atoms with van der Waals surface area (Å²) in [6.45, 7) is 6.46. The highest BCUT2D eigenvalue weighted by Gasteiger charge is 2.34. The highest BCUT2D eigenvalue weighted by molar-refractivity contribution is 7.89. The van der Waals surface area contributed by atoms with E-state index in [1.165, 1.54) is 28.6 Å². The zero-order valence-corrected chi connectivity index (χ0v) is 13.2. The minimum atomic E-state index is -3.77. The highest BCUT2D eigenvalue weighted by Crippen LogP contribution is 2.22. The maximum Gasteiger partial charge on any atom is 0.246 e. The number of nitrogens with zero attached hydrogens (tertiary/aromatic N) is 2. The molecule has 21 heavy (non-hydrogen) atoms. The molecule has 7 heteroatoms. The maximum atomic E-state index is 13.7. The Bertz CT molecular complexity index is 596. The fourth-order valence-corrected chi connectivity index (χ4v) is 3.94. The molecule has 118 valence electrons. The van der Waals surface area contributed by atoms with Crippen molar-refractivity contribution in [1.29, 1.82) is 0 Å². The minimum Gasteiger partial charge on any atom is -0.329 e. The molecule has 2 N–H and O–H groups in total. The third kappa shape index (κ3) is 3.26. The number of benzene rings is 1. The lowest BCUT2D eigenvalue weighted by atomic mass is 10.0. The average Bonchev–Trinajstić information content (AvgIpc) is 2.47. The molecule has 0 saturated carbocycles. The summed E-state index contributed by atoms with van der Waals surface area (Å²) in [6, 6.07) is 5.49. The van der Waals surface area contributed by atoms with E-state index in [4.69, 9.17) is 5.73 Å². The summed E-state index contributed by atoms with van der Waals surface area (Å²) < 4.78 is 40.0. The summed E-state index contributed by atoms with van der Waals surface area (Å²) in [5.74, 6) is -0.706. The van der Waals surface area contributed by atoms with Crippen LogP contribution in [0.1, 0.15) is 13.8 Å². The summed E-state index contributed by atoms with van der Waals surface area (Å²) in [6.07, 6.45) is 0. The monoisotopic (exact) mass is 315 g/mol. The van der Waals surface area contributed by atoms with Crippen LogP contribution < -0.4 is 5.73 Å². The summed E-state index contributed by atoms with van der Waals surface area (Å²) in [4.78, 5) is 1.91. The van der Waals surface area contributed by atoms with Crippen LogP contribution in [0.5, 0.6) is 0 Å². The Morgan fingerprint density at radius 3 is 2.29 bits per heavy atom. The van der Waals surface area contributed by atoms with E-state index in [2.05, 4.69) is 4.90 Å². The summed E-state index contributed by atoms with van der Waals surface area (Å²) in [5.41, 5.74) is 5.59. The van der Waals surface area contributed by atoms with Gasteiger partial charge in [-0.2, -0.15) is 4.31 Å². The second-order valence-electron chi connectivity index (χ2n) is 5.84. The van der Waals surface area contributed by atoms with Crippen LogP contribution in [0.2, 0.25) is 0 Å². The summed E-state index contributed by atoms with van der Waals surface area (Å²) in [5, 5.41) is 0. The number of nitrogens with two attached hydrogens (primary N) is 1. The molecule has 0 spiro atoms. The van der Waals surface area contributed by atoms with Gasteiger partial charge in [0.05, 0.1) is 0 Å². The molecule has 0 unspecified atom stereocenters. The molecule has 0 atom stereocenters. The first-order valence-electron chi connectivity index (χ1n) is 6.99. The number of rotatable bonds is 4.